The summed E-state index contributed by atoms with van der Waals surface area (Å²) in [5, 5.41) is 5.97. The second kappa shape index (κ2) is 7.16. The molecule has 24 heavy (non-hydrogen) atoms. The molecule has 1 aromatic carbocycles. The van der Waals surface area contributed by atoms with Crippen molar-refractivity contribution in [3.8, 4) is 0 Å². The van der Waals surface area contributed by atoms with Crippen LogP contribution in [-0.4, -0.2) is 46.0 Å². The molecule has 1 aromatic rings. The molecule has 0 bridgehead atoms. The predicted molar refractivity (Wildman–Crippen MR) is 93.2 cm³/mol. The van der Waals surface area contributed by atoms with E-state index >= 15 is 0 Å². The Kier molecular flexibility index (Phi) is 5.17. The van der Waals surface area contributed by atoms with Gasteiger partial charge < -0.3 is 15.4 Å². The Morgan fingerprint density at radius 3 is 2.71 bits per heavy atom. The van der Waals surface area contributed by atoms with E-state index in [1.54, 1.807) is 18.2 Å². The third-order valence-corrected chi connectivity index (χ3v) is 6.30. The van der Waals surface area contributed by atoms with Crippen molar-refractivity contribution < 1.29 is 17.9 Å². The van der Waals surface area contributed by atoms with E-state index in [0.717, 1.165) is 12.8 Å². The molecule has 0 radical (unpaired) electrons. The number of urea groups is 1. The minimum Gasteiger partial charge on any atom is -0.381 e. The van der Waals surface area contributed by atoms with E-state index in [4.69, 9.17) is 16.3 Å². The van der Waals surface area contributed by atoms with Gasteiger partial charge in [-0.25, -0.2) is 13.2 Å². The molecular formula is C15H20ClN3O4S. The zero-order chi connectivity index (χ0) is 17.2. The number of ether oxygens (including phenoxy) is 1. The molecule has 0 unspecified atom stereocenters. The van der Waals surface area contributed by atoms with Crippen molar-refractivity contribution in [1.82, 2.24) is 5.32 Å². The first-order valence-electron chi connectivity index (χ1n) is 7.91. The maximum Gasteiger partial charge on any atom is 0.319 e. The van der Waals surface area contributed by atoms with Crippen molar-refractivity contribution in [3.63, 3.8) is 0 Å². The van der Waals surface area contributed by atoms with E-state index in [0.29, 0.717) is 42.6 Å². The summed E-state index contributed by atoms with van der Waals surface area (Å²) in [6.07, 6.45) is 2.14. The van der Waals surface area contributed by atoms with E-state index in [9.17, 15) is 13.2 Å². The fourth-order valence-corrected chi connectivity index (χ4v) is 4.73. The molecule has 7 nitrogen and oxygen atoms in total. The van der Waals surface area contributed by atoms with Crippen molar-refractivity contribution in [3.05, 3.63) is 23.2 Å². The topological polar surface area (TPSA) is 87.7 Å². The lowest BCUT2D eigenvalue weighted by Gasteiger charge is -2.23. The van der Waals surface area contributed by atoms with Gasteiger partial charge in [-0.15, -0.1) is 0 Å². The number of nitrogens with zero attached hydrogens (tertiary/aromatic N) is 1. The van der Waals surface area contributed by atoms with Crippen molar-refractivity contribution >= 4 is 39.0 Å². The smallest absolute Gasteiger partial charge is 0.319 e. The Bertz CT molecular complexity index is 719. The van der Waals surface area contributed by atoms with Crippen molar-refractivity contribution in [2.75, 3.05) is 35.1 Å². The Balaban J connectivity index is 1.70. The molecule has 0 aromatic heterocycles. The average Bonchev–Trinajstić information content (AvgIpc) is 2.89. The van der Waals surface area contributed by atoms with Crippen LogP contribution in [0.5, 0.6) is 0 Å². The summed E-state index contributed by atoms with van der Waals surface area (Å²) in [5.41, 5.74) is 0.902. The molecule has 0 spiro atoms. The van der Waals surface area contributed by atoms with Crippen molar-refractivity contribution in [2.24, 2.45) is 0 Å². The zero-order valence-electron chi connectivity index (χ0n) is 13.1. The maximum atomic E-state index is 12.1. The third kappa shape index (κ3) is 3.93. The largest absolute Gasteiger partial charge is 0.381 e. The first-order valence-corrected chi connectivity index (χ1v) is 9.90. The third-order valence-electron chi connectivity index (χ3n) is 4.13. The average molecular weight is 374 g/mol. The number of halogens is 1. The highest BCUT2D eigenvalue weighted by molar-refractivity contribution is 7.93. The molecule has 2 amide bonds. The Morgan fingerprint density at radius 1 is 1.29 bits per heavy atom. The van der Waals surface area contributed by atoms with Gasteiger partial charge in [-0.3, -0.25) is 4.31 Å². The number of carbonyl (C=O) groups excluding carboxylic acids is 1. The highest BCUT2D eigenvalue weighted by Crippen LogP contribution is 2.33. The molecule has 2 fully saturated rings. The number of carbonyl (C=O) groups is 1. The number of hydrogen-bond acceptors (Lipinski definition) is 4. The lowest BCUT2D eigenvalue weighted by Crippen LogP contribution is -2.41. The fourth-order valence-electron chi connectivity index (χ4n) is 2.89. The van der Waals surface area contributed by atoms with Crippen molar-refractivity contribution in [1.29, 1.82) is 0 Å². The lowest BCUT2D eigenvalue weighted by molar-refractivity contribution is 0.0806. The Morgan fingerprint density at radius 2 is 2.04 bits per heavy atom. The zero-order valence-corrected chi connectivity index (χ0v) is 14.7. The molecule has 3 rings (SSSR count). The van der Waals surface area contributed by atoms with Crippen LogP contribution in [0.25, 0.3) is 0 Å². The minimum atomic E-state index is -3.32. The molecule has 9 heteroatoms. The normalized spacial score (nSPS) is 20.8. The summed E-state index contributed by atoms with van der Waals surface area (Å²) < 4.78 is 30.7. The van der Waals surface area contributed by atoms with Gasteiger partial charge in [0, 0.05) is 31.5 Å². The number of sulfonamides is 1. The van der Waals surface area contributed by atoms with Gasteiger partial charge in [-0.2, -0.15) is 0 Å². The highest BCUT2D eigenvalue weighted by atomic mass is 35.5. The van der Waals surface area contributed by atoms with E-state index in [1.807, 2.05) is 0 Å². The number of nitrogens with one attached hydrogen (secondary N) is 2. The van der Waals surface area contributed by atoms with Crippen LogP contribution in [0, 0.1) is 0 Å². The van der Waals surface area contributed by atoms with E-state index < -0.39 is 10.0 Å². The lowest BCUT2D eigenvalue weighted by atomic mass is 10.1. The quantitative estimate of drug-likeness (QED) is 0.850. The molecular weight excluding hydrogens is 354 g/mol. The van der Waals surface area contributed by atoms with Gasteiger partial charge in [0.05, 0.1) is 16.5 Å². The van der Waals surface area contributed by atoms with Gasteiger partial charge in [0.1, 0.15) is 0 Å². The summed E-state index contributed by atoms with van der Waals surface area (Å²) >= 11 is 6.15. The van der Waals surface area contributed by atoms with Gasteiger partial charge in [0.15, 0.2) is 0 Å². The SMILES string of the molecule is O=C(Nc1ccc(Cl)c(N2CCCS2(=O)=O)c1)NC1CCOCC1. The van der Waals surface area contributed by atoms with E-state index in [-0.39, 0.29) is 17.8 Å². The second-order valence-electron chi connectivity index (χ2n) is 5.89. The van der Waals surface area contributed by atoms with Crippen LogP contribution >= 0.6 is 11.6 Å². The molecule has 2 heterocycles. The van der Waals surface area contributed by atoms with Crippen LogP contribution in [0.4, 0.5) is 16.2 Å². The summed E-state index contributed by atoms with van der Waals surface area (Å²) in [4.78, 5) is 12.1. The monoisotopic (exact) mass is 373 g/mol. The van der Waals surface area contributed by atoms with E-state index in [2.05, 4.69) is 10.6 Å². The molecule has 0 saturated carbocycles. The second-order valence-corrected chi connectivity index (χ2v) is 8.31. The molecule has 2 aliphatic heterocycles. The van der Waals surface area contributed by atoms with Crippen LogP contribution in [0.1, 0.15) is 19.3 Å². The van der Waals surface area contributed by atoms with E-state index in [1.165, 1.54) is 4.31 Å². The number of amides is 2. The summed E-state index contributed by atoms with van der Waals surface area (Å²) in [6, 6.07) is 4.60. The van der Waals surface area contributed by atoms with Gasteiger partial charge in [0.25, 0.3) is 0 Å². The maximum absolute atomic E-state index is 12.1. The Hall–Kier alpha value is -1.51. The molecule has 0 aliphatic carbocycles. The van der Waals surface area contributed by atoms with Crippen LogP contribution < -0.4 is 14.9 Å². The number of anilines is 2. The van der Waals surface area contributed by atoms with Crippen LogP contribution in [0.15, 0.2) is 18.2 Å². The summed E-state index contributed by atoms with van der Waals surface area (Å²) in [7, 11) is -3.32. The molecule has 132 valence electrons. The van der Waals surface area contributed by atoms with Crippen molar-refractivity contribution in [2.45, 2.75) is 25.3 Å². The standard InChI is InChI=1S/C15H20ClN3O4S/c16-13-3-2-12(10-14(13)19-6-1-9-24(19,21)22)18-15(20)17-11-4-7-23-8-5-11/h2-3,10-11H,1,4-9H2,(H2,17,18,20). The number of hydrogen-bond donors (Lipinski definition) is 2. The molecule has 2 aliphatic rings. The van der Waals surface area contributed by atoms with Crippen LogP contribution in [0.3, 0.4) is 0 Å². The number of benzene rings is 1. The Labute approximate surface area is 146 Å². The summed E-state index contributed by atoms with van der Waals surface area (Å²) in [6.45, 7) is 1.69. The fraction of sp³-hybridized carbons (Fsp3) is 0.533. The highest BCUT2D eigenvalue weighted by Gasteiger charge is 2.30. The van der Waals surface area contributed by atoms with Crippen LogP contribution in [0.2, 0.25) is 5.02 Å². The predicted octanol–water partition coefficient (Wildman–Crippen LogP) is 2.18. The molecule has 2 N–H and O–H groups in total. The van der Waals surface area contributed by atoms with Gasteiger partial charge in [-0.05, 0) is 37.5 Å². The first-order chi connectivity index (χ1) is 11.5. The molecule has 2 saturated heterocycles. The number of rotatable bonds is 3. The minimum absolute atomic E-state index is 0.0875. The summed E-state index contributed by atoms with van der Waals surface area (Å²) in [5.74, 6) is 0.116. The molecule has 0 atom stereocenters. The van der Waals surface area contributed by atoms with Crippen LogP contribution in [-0.2, 0) is 14.8 Å². The van der Waals surface area contributed by atoms with Gasteiger partial charge in [0.2, 0.25) is 10.0 Å². The van der Waals surface area contributed by atoms with Gasteiger partial charge >= 0.3 is 6.03 Å². The van der Waals surface area contributed by atoms with Gasteiger partial charge in [-0.1, -0.05) is 11.6 Å². The first kappa shape index (κ1) is 17.3.